The van der Waals surface area contributed by atoms with E-state index in [2.05, 4.69) is 10.6 Å². The molecule has 0 spiro atoms. The van der Waals surface area contributed by atoms with Gasteiger partial charge in [-0.1, -0.05) is 12.5 Å². The van der Waals surface area contributed by atoms with Crippen molar-refractivity contribution in [3.8, 4) is 0 Å². The van der Waals surface area contributed by atoms with Crippen molar-refractivity contribution in [1.29, 1.82) is 0 Å². The summed E-state index contributed by atoms with van der Waals surface area (Å²) >= 11 is 0. The lowest BCUT2D eigenvalue weighted by Gasteiger charge is -2.32. The van der Waals surface area contributed by atoms with Crippen LogP contribution in [0.2, 0.25) is 0 Å². The van der Waals surface area contributed by atoms with Crippen LogP contribution in [0, 0.1) is 0 Å². The van der Waals surface area contributed by atoms with E-state index in [0.29, 0.717) is 6.54 Å². The van der Waals surface area contributed by atoms with Crippen molar-refractivity contribution in [1.82, 2.24) is 14.9 Å². The van der Waals surface area contributed by atoms with E-state index < -0.39 is 34.5 Å². The lowest BCUT2D eigenvalue weighted by atomic mass is 10.1. The molecule has 2 fully saturated rings. The molecule has 1 atom stereocenters. The maximum Gasteiger partial charge on any atom is 0.338 e. The van der Waals surface area contributed by atoms with Crippen LogP contribution >= 0.6 is 0 Å². The number of hydrogen-bond acceptors (Lipinski definition) is 6. The van der Waals surface area contributed by atoms with Gasteiger partial charge in [0.25, 0.3) is 5.91 Å². The van der Waals surface area contributed by atoms with E-state index in [4.69, 9.17) is 4.74 Å². The van der Waals surface area contributed by atoms with Crippen LogP contribution in [0.15, 0.2) is 29.2 Å². The third kappa shape index (κ3) is 5.54. The summed E-state index contributed by atoms with van der Waals surface area (Å²) in [6, 6.07) is 4.92. The number of esters is 1. The molecule has 0 aromatic heterocycles. The molecule has 2 aliphatic rings. The van der Waals surface area contributed by atoms with Crippen molar-refractivity contribution in [3.05, 3.63) is 29.8 Å². The van der Waals surface area contributed by atoms with Gasteiger partial charge in [0.2, 0.25) is 10.0 Å². The molecule has 1 aromatic rings. The van der Waals surface area contributed by atoms with Gasteiger partial charge in [-0.2, -0.15) is 4.31 Å². The molecule has 9 nitrogen and oxygen atoms in total. The molecule has 158 valence electrons. The molecular formula is C19H25N3O6S. The van der Waals surface area contributed by atoms with Gasteiger partial charge in [-0.05, 0) is 50.8 Å². The van der Waals surface area contributed by atoms with E-state index in [-0.39, 0.29) is 22.5 Å². The fourth-order valence-electron chi connectivity index (χ4n) is 3.17. The minimum absolute atomic E-state index is 0.00830. The zero-order valence-electron chi connectivity index (χ0n) is 16.2. The van der Waals surface area contributed by atoms with Gasteiger partial charge in [0, 0.05) is 18.6 Å². The number of sulfonamides is 1. The Morgan fingerprint density at radius 2 is 1.93 bits per heavy atom. The Morgan fingerprint density at radius 3 is 2.62 bits per heavy atom. The molecule has 3 amide bonds. The first-order valence-electron chi connectivity index (χ1n) is 9.67. The summed E-state index contributed by atoms with van der Waals surface area (Å²) in [5.41, 5.74) is 0.0194. The topological polar surface area (TPSA) is 122 Å². The van der Waals surface area contributed by atoms with Crippen LogP contribution in [0.5, 0.6) is 0 Å². The standard InChI is InChI=1S/C19H25N3O6S/c1-13-5-2-3-10-22(13)29(26,27)16-7-4-6-14(11-16)18(24)28-12-17(23)21-19(25)20-15-8-9-15/h4,6-7,11,13,15H,2-3,5,8-10,12H2,1H3,(H2,20,21,23,25)/t13-/m0/s1. The minimum Gasteiger partial charge on any atom is -0.452 e. The molecule has 2 N–H and O–H groups in total. The number of urea groups is 1. The van der Waals surface area contributed by atoms with Crippen LogP contribution in [0.4, 0.5) is 4.79 Å². The Bertz CT molecular complexity index is 897. The first-order chi connectivity index (χ1) is 13.8. The average molecular weight is 423 g/mol. The predicted octanol–water partition coefficient (Wildman–Crippen LogP) is 1.39. The number of imide groups is 1. The van der Waals surface area contributed by atoms with Gasteiger partial charge in [0.05, 0.1) is 10.5 Å². The normalized spacial score (nSPS) is 20.0. The number of nitrogens with one attached hydrogen (secondary N) is 2. The molecule has 10 heteroatoms. The van der Waals surface area contributed by atoms with Crippen LogP contribution in [0.3, 0.4) is 0 Å². The largest absolute Gasteiger partial charge is 0.452 e. The number of amides is 3. The van der Waals surface area contributed by atoms with E-state index >= 15 is 0 Å². The Hall–Kier alpha value is -2.46. The fraction of sp³-hybridized carbons (Fsp3) is 0.526. The summed E-state index contributed by atoms with van der Waals surface area (Å²) in [6.07, 6.45) is 4.34. The number of rotatable bonds is 6. The van der Waals surface area contributed by atoms with Crippen molar-refractivity contribution in [2.24, 2.45) is 0 Å². The smallest absolute Gasteiger partial charge is 0.338 e. The predicted molar refractivity (Wildman–Crippen MR) is 104 cm³/mol. The molecule has 1 aliphatic carbocycles. The number of ether oxygens (including phenoxy) is 1. The molecule has 1 aromatic carbocycles. The maximum absolute atomic E-state index is 12.9. The van der Waals surface area contributed by atoms with Gasteiger partial charge in [-0.25, -0.2) is 18.0 Å². The van der Waals surface area contributed by atoms with Crippen molar-refractivity contribution >= 4 is 27.9 Å². The lowest BCUT2D eigenvalue weighted by Crippen LogP contribution is -2.42. The summed E-state index contributed by atoms with van der Waals surface area (Å²) in [5, 5.41) is 4.65. The van der Waals surface area contributed by atoms with Gasteiger partial charge in [-0.3, -0.25) is 10.1 Å². The summed E-state index contributed by atoms with van der Waals surface area (Å²) in [5.74, 6) is -1.60. The van der Waals surface area contributed by atoms with Crippen LogP contribution in [-0.2, 0) is 19.6 Å². The van der Waals surface area contributed by atoms with Crippen LogP contribution in [0.25, 0.3) is 0 Å². The molecule has 0 unspecified atom stereocenters. The van der Waals surface area contributed by atoms with Crippen molar-refractivity contribution in [2.45, 2.75) is 56.0 Å². The summed E-state index contributed by atoms with van der Waals surface area (Å²) in [6.45, 7) is 1.67. The molecule has 1 aliphatic heterocycles. The summed E-state index contributed by atoms with van der Waals surface area (Å²) < 4.78 is 32.2. The van der Waals surface area contributed by atoms with Gasteiger partial charge >= 0.3 is 12.0 Å². The van der Waals surface area contributed by atoms with Crippen LogP contribution in [-0.4, -0.2) is 55.9 Å². The zero-order valence-corrected chi connectivity index (χ0v) is 17.0. The second kappa shape index (κ2) is 8.91. The number of carbonyl (C=O) groups is 3. The van der Waals surface area contributed by atoms with Crippen molar-refractivity contribution in [2.75, 3.05) is 13.2 Å². The third-order valence-electron chi connectivity index (χ3n) is 4.92. The van der Waals surface area contributed by atoms with Gasteiger partial charge in [0.1, 0.15) is 0 Å². The van der Waals surface area contributed by atoms with E-state index in [1.807, 2.05) is 6.92 Å². The third-order valence-corrected chi connectivity index (χ3v) is 6.93. The molecular weight excluding hydrogens is 398 g/mol. The molecule has 0 radical (unpaired) electrons. The first kappa shape index (κ1) is 21.3. The highest BCUT2D eigenvalue weighted by molar-refractivity contribution is 7.89. The minimum atomic E-state index is -3.73. The summed E-state index contributed by atoms with van der Waals surface area (Å²) in [7, 11) is -3.73. The van der Waals surface area contributed by atoms with E-state index in [0.717, 1.165) is 32.1 Å². The molecule has 3 rings (SSSR count). The highest BCUT2D eigenvalue weighted by atomic mass is 32.2. The second-order valence-corrected chi connectivity index (χ2v) is 9.25. The quantitative estimate of drug-likeness (QED) is 0.667. The van der Waals surface area contributed by atoms with Crippen LogP contribution < -0.4 is 10.6 Å². The maximum atomic E-state index is 12.9. The molecule has 1 heterocycles. The van der Waals surface area contributed by atoms with Crippen molar-refractivity contribution in [3.63, 3.8) is 0 Å². The molecule has 1 saturated carbocycles. The second-order valence-electron chi connectivity index (χ2n) is 7.36. The SMILES string of the molecule is C[C@H]1CCCCN1S(=O)(=O)c1cccc(C(=O)OCC(=O)NC(=O)NC2CC2)c1. The number of benzene rings is 1. The fourth-order valence-corrected chi connectivity index (χ4v) is 4.92. The first-order valence-corrected chi connectivity index (χ1v) is 11.1. The monoisotopic (exact) mass is 423 g/mol. The van der Waals surface area contributed by atoms with Gasteiger partial charge < -0.3 is 10.1 Å². The van der Waals surface area contributed by atoms with Crippen molar-refractivity contribution < 1.29 is 27.5 Å². The number of hydrogen-bond donors (Lipinski definition) is 2. The van der Waals surface area contributed by atoms with Gasteiger partial charge in [0.15, 0.2) is 6.61 Å². The molecule has 0 bridgehead atoms. The number of carbonyl (C=O) groups excluding carboxylic acids is 3. The molecule has 1 saturated heterocycles. The number of piperidine rings is 1. The highest BCUT2D eigenvalue weighted by Crippen LogP contribution is 2.25. The van der Waals surface area contributed by atoms with Crippen LogP contribution in [0.1, 0.15) is 49.4 Å². The Labute approximate surface area is 169 Å². The highest BCUT2D eigenvalue weighted by Gasteiger charge is 2.31. The molecule has 29 heavy (non-hydrogen) atoms. The Balaban J connectivity index is 1.60. The Morgan fingerprint density at radius 1 is 1.17 bits per heavy atom. The van der Waals surface area contributed by atoms with Gasteiger partial charge in [-0.15, -0.1) is 0 Å². The lowest BCUT2D eigenvalue weighted by molar-refractivity contribution is -0.123. The van der Waals surface area contributed by atoms with E-state index in [9.17, 15) is 22.8 Å². The van der Waals surface area contributed by atoms with E-state index in [1.54, 1.807) is 0 Å². The van der Waals surface area contributed by atoms with E-state index in [1.165, 1.54) is 28.6 Å². The Kier molecular flexibility index (Phi) is 6.53. The number of nitrogens with zero attached hydrogens (tertiary/aromatic N) is 1. The average Bonchev–Trinajstić information content (AvgIpc) is 3.50. The zero-order chi connectivity index (χ0) is 21.0. The summed E-state index contributed by atoms with van der Waals surface area (Å²) in [4.78, 5) is 35.4.